The van der Waals surface area contributed by atoms with Crippen LogP contribution in [0.25, 0.3) is 0 Å². The molecule has 2 fully saturated rings. The summed E-state index contributed by atoms with van der Waals surface area (Å²) in [6.07, 6.45) is 10.9. The van der Waals surface area contributed by atoms with E-state index in [1.807, 2.05) is 0 Å². The van der Waals surface area contributed by atoms with E-state index in [1.165, 1.54) is 44.9 Å². The zero-order valence-electron chi connectivity index (χ0n) is 9.08. The highest BCUT2D eigenvalue weighted by atomic mass is 16.5. The molecule has 0 bridgehead atoms. The molecule has 2 unspecified atom stereocenters. The SMILES string of the molecule is NC1CCCCC1OCC1CCCC1. The zero-order chi connectivity index (χ0) is 9.80. The summed E-state index contributed by atoms with van der Waals surface area (Å²) in [5, 5.41) is 0. The fourth-order valence-corrected chi connectivity index (χ4v) is 2.77. The molecule has 2 rings (SSSR count). The molecule has 2 aliphatic carbocycles. The first-order valence-electron chi connectivity index (χ1n) is 6.23. The molecule has 0 radical (unpaired) electrons. The summed E-state index contributed by atoms with van der Waals surface area (Å²) in [5.74, 6) is 0.837. The van der Waals surface area contributed by atoms with Crippen LogP contribution in [0.1, 0.15) is 51.4 Å². The predicted molar refractivity (Wildman–Crippen MR) is 58.1 cm³/mol. The second-order valence-corrected chi connectivity index (χ2v) is 4.97. The van der Waals surface area contributed by atoms with Crippen LogP contribution in [-0.4, -0.2) is 18.8 Å². The quantitative estimate of drug-likeness (QED) is 0.754. The van der Waals surface area contributed by atoms with Crippen LogP contribution in [0.15, 0.2) is 0 Å². The van der Waals surface area contributed by atoms with Crippen LogP contribution in [-0.2, 0) is 4.74 Å². The normalized spacial score (nSPS) is 34.9. The summed E-state index contributed by atoms with van der Waals surface area (Å²) >= 11 is 0. The van der Waals surface area contributed by atoms with Gasteiger partial charge in [-0.05, 0) is 31.6 Å². The Hall–Kier alpha value is -0.0800. The Bertz CT molecular complexity index is 166. The molecular formula is C12H23NO. The molecule has 0 aromatic rings. The van der Waals surface area contributed by atoms with Gasteiger partial charge in [0.2, 0.25) is 0 Å². The topological polar surface area (TPSA) is 35.2 Å². The van der Waals surface area contributed by atoms with E-state index >= 15 is 0 Å². The van der Waals surface area contributed by atoms with E-state index in [1.54, 1.807) is 0 Å². The van der Waals surface area contributed by atoms with Crippen molar-refractivity contribution in [3.63, 3.8) is 0 Å². The first-order chi connectivity index (χ1) is 6.86. The largest absolute Gasteiger partial charge is 0.376 e. The number of rotatable bonds is 3. The van der Waals surface area contributed by atoms with Gasteiger partial charge in [0.25, 0.3) is 0 Å². The number of hydrogen-bond donors (Lipinski definition) is 1. The fourth-order valence-electron chi connectivity index (χ4n) is 2.77. The van der Waals surface area contributed by atoms with Crippen LogP contribution < -0.4 is 5.73 Å². The summed E-state index contributed by atoms with van der Waals surface area (Å²) < 4.78 is 5.95. The number of hydrogen-bond acceptors (Lipinski definition) is 2. The maximum atomic E-state index is 6.04. The second-order valence-electron chi connectivity index (χ2n) is 4.97. The van der Waals surface area contributed by atoms with Gasteiger partial charge in [-0.25, -0.2) is 0 Å². The van der Waals surface area contributed by atoms with Crippen molar-refractivity contribution in [2.75, 3.05) is 6.61 Å². The van der Waals surface area contributed by atoms with Crippen LogP contribution in [0, 0.1) is 5.92 Å². The van der Waals surface area contributed by atoms with E-state index in [0.29, 0.717) is 12.1 Å². The van der Waals surface area contributed by atoms with Crippen molar-refractivity contribution in [2.24, 2.45) is 11.7 Å². The molecule has 0 aliphatic heterocycles. The van der Waals surface area contributed by atoms with Gasteiger partial charge in [0.05, 0.1) is 6.10 Å². The van der Waals surface area contributed by atoms with Gasteiger partial charge in [-0.1, -0.05) is 25.7 Å². The van der Waals surface area contributed by atoms with Crippen molar-refractivity contribution >= 4 is 0 Å². The van der Waals surface area contributed by atoms with Crippen LogP contribution in [0.2, 0.25) is 0 Å². The standard InChI is InChI=1S/C12H23NO/c13-11-7-3-4-8-12(11)14-9-10-5-1-2-6-10/h10-12H,1-9,13H2. The van der Waals surface area contributed by atoms with Gasteiger partial charge in [-0.2, -0.15) is 0 Å². The maximum absolute atomic E-state index is 6.04. The summed E-state index contributed by atoms with van der Waals surface area (Å²) in [6.45, 7) is 0.971. The fraction of sp³-hybridized carbons (Fsp3) is 1.00. The molecule has 2 aliphatic rings. The van der Waals surface area contributed by atoms with Gasteiger partial charge in [0.1, 0.15) is 0 Å². The summed E-state index contributed by atoms with van der Waals surface area (Å²) in [6, 6.07) is 0.310. The third-order valence-corrected chi connectivity index (χ3v) is 3.77. The molecule has 0 heterocycles. The Balaban J connectivity index is 1.67. The van der Waals surface area contributed by atoms with Gasteiger partial charge in [-0.3, -0.25) is 0 Å². The lowest BCUT2D eigenvalue weighted by Crippen LogP contribution is -2.40. The first kappa shape index (κ1) is 10.4. The van der Waals surface area contributed by atoms with E-state index in [0.717, 1.165) is 18.9 Å². The summed E-state index contributed by atoms with van der Waals surface area (Å²) in [5.41, 5.74) is 6.04. The molecule has 2 saturated carbocycles. The van der Waals surface area contributed by atoms with E-state index in [-0.39, 0.29) is 0 Å². The third-order valence-electron chi connectivity index (χ3n) is 3.77. The minimum atomic E-state index is 0.310. The highest BCUT2D eigenvalue weighted by molar-refractivity contribution is 4.79. The predicted octanol–water partition coefficient (Wildman–Crippen LogP) is 2.46. The number of ether oxygens (including phenoxy) is 1. The minimum absolute atomic E-state index is 0.310. The van der Waals surface area contributed by atoms with Gasteiger partial charge in [0, 0.05) is 12.6 Å². The molecule has 2 nitrogen and oxygen atoms in total. The van der Waals surface area contributed by atoms with E-state index < -0.39 is 0 Å². The molecule has 14 heavy (non-hydrogen) atoms. The Morgan fingerprint density at radius 3 is 2.29 bits per heavy atom. The van der Waals surface area contributed by atoms with Gasteiger partial charge in [-0.15, -0.1) is 0 Å². The van der Waals surface area contributed by atoms with E-state index in [4.69, 9.17) is 10.5 Å². The van der Waals surface area contributed by atoms with Gasteiger partial charge in [0.15, 0.2) is 0 Å². The van der Waals surface area contributed by atoms with Crippen molar-refractivity contribution in [3.8, 4) is 0 Å². The van der Waals surface area contributed by atoms with Crippen molar-refractivity contribution in [2.45, 2.75) is 63.5 Å². The Labute approximate surface area is 87.2 Å². The first-order valence-corrected chi connectivity index (χ1v) is 6.23. The van der Waals surface area contributed by atoms with E-state index in [2.05, 4.69) is 0 Å². The molecule has 2 atom stereocenters. The molecule has 0 amide bonds. The highest BCUT2D eigenvalue weighted by Crippen LogP contribution is 2.27. The molecule has 0 aromatic heterocycles. The maximum Gasteiger partial charge on any atom is 0.0726 e. The highest BCUT2D eigenvalue weighted by Gasteiger charge is 2.24. The van der Waals surface area contributed by atoms with Crippen molar-refractivity contribution in [3.05, 3.63) is 0 Å². The van der Waals surface area contributed by atoms with Crippen LogP contribution in [0.5, 0.6) is 0 Å². The molecule has 82 valence electrons. The number of nitrogens with two attached hydrogens (primary N) is 1. The molecule has 0 aromatic carbocycles. The average Bonchev–Trinajstić information content (AvgIpc) is 2.69. The zero-order valence-corrected chi connectivity index (χ0v) is 9.08. The van der Waals surface area contributed by atoms with Crippen LogP contribution in [0.4, 0.5) is 0 Å². The monoisotopic (exact) mass is 197 g/mol. The average molecular weight is 197 g/mol. The molecular weight excluding hydrogens is 174 g/mol. The lowest BCUT2D eigenvalue weighted by atomic mass is 9.93. The van der Waals surface area contributed by atoms with Crippen molar-refractivity contribution < 1.29 is 4.74 Å². The smallest absolute Gasteiger partial charge is 0.0726 e. The lowest BCUT2D eigenvalue weighted by Gasteiger charge is -2.29. The van der Waals surface area contributed by atoms with Crippen LogP contribution >= 0.6 is 0 Å². The molecule has 0 spiro atoms. The van der Waals surface area contributed by atoms with Gasteiger partial charge < -0.3 is 10.5 Å². The Kier molecular flexibility index (Phi) is 3.82. The van der Waals surface area contributed by atoms with Gasteiger partial charge >= 0.3 is 0 Å². The minimum Gasteiger partial charge on any atom is -0.376 e. The van der Waals surface area contributed by atoms with Crippen molar-refractivity contribution in [1.82, 2.24) is 0 Å². The summed E-state index contributed by atoms with van der Waals surface area (Å²) in [7, 11) is 0. The molecule has 0 saturated heterocycles. The lowest BCUT2D eigenvalue weighted by molar-refractivity contribution is -0.00273. The second kappa shape index (κ2) is 5.13. The third kappa shape index (κ3) is 2.71. The Morgan fingerprint density at radius 1 is 0.929 bits per heavy atom. The summed E-state index contributed by atoms with van der Waals surface area (Å²) in [4.78, 5) is 0. The molecule has 2 N–H and O–H groups in total. The Morgan fingerprint density at radius 2 is 1.57 bits per heavy atom. The van der Waals surface area contributed by atoms with E-state index in [9.17, 15) is 0 Å². The van der Waals surface area contributed by atoms with Crippen molar-refractivity contribution in [1.29, 1.82) is 0 Å². The molecule has 2 heteroatoms. The van der Waals surface area contributed by atoms with Crippen LogP contribution in [0.3, 0.4) is 0 Å².